The van der Waals surface area contributed by atoms with E-state index in [0.29, 0.717) is 5.56 Å². The second kappa shape index (κ2) is 7.17. The van der Waals surface area contributed by atoms with Crippen molar-refractivity contribution in [2.24, 2.45) is 0 Å². The van der Waals surface area contributed by atoms with Crippen molar-refractivity contribution in [2.75, 3.05) is 23.9 Å². The number of pyridine rings is 1. The highest BCUT2D eigenvalue weighted by Gasteiger charge is 2.12. The van der Waals surface area contributed by atoms with E-state index in [1.165, 1.54) is 0 Å². The molecule has 2 N–H and O–H groups in total. The molecule has 0 aliphatic heterocycles. The Kier molecular flexibility index (Phi) is 5.83. The Morgan fingerprint density at radius 1 is 1.59 bits per heavy atom. The maximum Gasteiger partial charge on any atom is 0.253 e. The summed E-state index contributed by atoms with van der Waals surface area (Å²) in [5.41, 5.74) is 1.39. The SMILES string of the molecule is CCSCC(C)NC(=O)c1ccncc1NC. The summed E-state index contributed by atoms with van der Waals surface area (Å²) in [6.45, 7) is 4.13. The standard InChI is InChI=1S/C12H19N3OS/c1-4-17-8-9(2)15-12(16)10-5-6-14-7-11(10)13-3/h5-7,9,13H,4,8H2,1-3H3,(H,15,16). The van der Waals surface area contributed by atoms with E-state index < -0.39 is 0 Å². The van der Waals surface area contributed by atoms with E-state index in [2.05, 4.69) is 22.5 Å². The number of amides is 1. The van der Waals surface area contributed by atoms with E-state index in [-0.39, 0.29) is 11.9 Å². The Hall–Kier alpha value is -1.23. The van der Waals surface area contributed by atoms with Crippen molar-refractivity contribution in [1.29, 1.82) is 0 Å². The number of rotatable bonds is 6. The van der Waals surface area contributed by atoms with Gasteiger partial charge in [0.15, 0.2) is 0 Å². The number of hydrogen-bond donors (Lipinski definition) is 2. The molecular weight excluding hydrogens is 234 g/mol. The monoisotopic (exact) mass is 253 g/mol. The zero-order valence-electron chi connectivity index (χ0n) is 10.5. The van der Waals surface area contributed by atoms with Crippen LogP contribution in [0.25, 0.3) is 0 Å². The van der Waals surface area contributed by atoms with E-state index in [1.807, 2.05) is 18.7 Å². The number of carbonyl (C=O) groups is 1. The molecule has 1 aromatic heterocycles. The molecule has 0 aromatic carbocycles. The van der Waals surface area contributed by atoms with Crippen molar-refractivity contribution in [3.05, 3.63) is 24.0 Å². The van der Waals surface area contributed by atoms with E-state index in [4.69, 9.17) is 0 Å². The van der Waals surface area contributed by atoms with Crippen LogP contribution in [0.3, 0.4) is 0 Å². The maximum atomic E-state index is 12.0. The van der Waals surface area contributed by atoms with Crippen LogP contribution in [0, 0.1) is 0 Å². The normalized spacial score (nSPS) is 11.9. The fourth-order valence-corrected chi connectivity index (χ4v) is 2.10. The molecule has 1 aromatic rings. The maximum absolute atomic E-state index is 12.0. The molecule has 0 radical (unpaired) electrons. The summed E-state index contributed by atoms with van der Waals surface area (Å²) in [4.78, 5) is 16.0. The minimum absolute atomic E-state index is 0.0547. The molecule has 4 nitrogen and oxygen atoms in total. The summed E-state index contributed by atoms with van der Waals surface area (Å²) in [7, 11) is 1.78. The van der Waals surface area contributed by atoms with E-state index in [1.54, 1.807) is 25.5 Å². The third-order valence-electron chi connectivity index (χ3n) is 2.28. The first-order chi connectivity index (χ1) is 8.19. The highest BCUT2D eigenvalue weighted by molar-refractivity contribution is 7.99. The molecule has 5 heteroatoms. The number of carbonyl (C=O) groups excluding carboxylic acids is 1. The van der Waals surface area contributed by atoms with Crippen LogP contribution in [-0.2, 0) is 0 Å². The molecule has 17 heavy (non-hydrogen) atoms. The van der Waals surface area contributed by atoms with Gasteiger partial charge in [0.1, 0.15) is 0 Å². The van der Waals surface area contributed by atoms with Crippen LogP contribution >= 0.6 is 11.8 Å². The molecule has 0 spiro atoms. The second-order valence-electron chi connectivity index (χ2n) is 3.71. The van der Waals surface area contributed by atoms with Crippen molar-refractivity contribution in [2.45, 2.75) is 19.9 Å². The van der Waals surface area contributed by atoms with Gasteiger partial charge in [-0.25, -0.2) is 0 Å². The van der Waals surface area contributed by atoms with Gasteiger partial charge in [-0.15, -0.1) is 0 Å². The number of nitrogens with one attached hydrogen (secondary N) is 2. The van der Waals surface area contributed by atoms with Gasteiger partial charge in [-0.1, -0.05) is 6.92 Å². The van der Waals surface area contributed by atoms with Gasteiger partial charge in [0, 0.05) is 25.0 Å². The average Bonchev–Trinajstić information content (AvgIpc) is 2.36. The Morgan fingerprint density at radius 2 is 2.35 bits per heavy atom. The van der Waals surface area contributed by atoms with E-state index >= 15 is 0 Å². The Morgan fingerprint density at radius 3 is 3.00 bits per heavy atom. The van der Waals surface area contributed by atoms with Crippen LogP contribution < -0.4 is 10.6 Å². The number of nitrogens with zero attached hydrogens (tertiary/aromatic N) is 1. The fourth-order valence-electron chi connectivity index (χ4n) is 1.43. The largest absolute Gasteiger partial charge is 0.386 e. The Bertz CT molecular complexity index is 371. The molecule has 1 heterocycles. The second-order valence-corrected chi connectivity index (χ2v) is 5.02. The summed E-state index contributed by atoms with van der Waals surface area (Å²) < 4.78 is 0. The quantitative estimate of drug-likeness (QED) is 0.814. The molecule has 94 valence electrons. The first kappa shape index (κ1) is 13.8. The lowest BCUT2D eigenvalue weighted by Crippen LogP contribution is -2.34. The van der Waals surface area contributed by atoms with Gasteiger partial charge in [-0.3, -0.25) is 9.78 Å². The molecule has 0 saturated heterocycles. The number of anilines is 1. The summed E-state index contributed by atoms with van der Waals surface area (Å²) in [6.07, 6.45) is 3.28. The Labute approximate surface area is 107 Å². The zero-order chi connectivity index (χ0) is 12.7. The van der Waals surface area contributed by atoms with Gasteiger partial charge in [0.05, 0.1) is 17.4 Å². The number of hydrogen-bond acceptors (Lipinski definition) is 4. The lowest BCUT2D eigenvalue weighted by Gasteiger charge is -2.14. The van der Waals surface area contributed by atoms with Gasteiger partial charge in [0.25, 0.3) is 5.91 Å². The number of aromatic nitrogens is 1. The number of thioether (sulfide) groups is 1. The van der Waals surface area contributed by atoms with E-state index in [0.717, 1.165) is 17.2 Å². The minimum Gasteiger partial charge on any atom is -0.386 e. The first-order valence-corrected chi connectivity index (χ1v) is 6.84. The predicted molar refractivity (Wildman–Crippen MR) is 73.7 cm³/mol. The molecule has 1 rings (SSSR count). The predicted octanol–water partition coefficient (Wildman–Crippen LogP) is 1.99. The molecule has 0 fully saturated rings. The van der Waals surface area contributed by atoms with Crippen molar-refractivity contribution in [3.8, 4) is 0 Å². The molecular formula is C12H19N3OS. The van der Waals surface area contributed by atoms with Crippen LogP contribution in [0.4, 0.5) is 5.69 Å². The molecule has 0 saturated carbocycles. The molecule has 0 aliphatic rings. The van der Waals surface area contributed by atoms with Crippen molar-refractivity contribution >= 4 is 23.4 Å². The Balaban J connectivity index is 2.63. The summed E-state index contributed by atoms with van der Waals surface area (Å²) in [6, 6.07) is 1.89. The first-order valence-electron chi connectivity index (χ1n) is 5.69. The topological polar surface area (TPSA) is 54.0 Å². The third-order valence-corrected chi connectivity index (χ3v) is 3.43. The minimum atomic E-state index is -0.0547. The lowest BCUT2D eigenvalue weighted by atomic mass is 10.2. The van der Waals surface area contributed by atoms with Gasteiger partial charge in [-0.2, -0.15) is 11.8 Å². The highest BCUT2D eigenvalue weighted by Crippen LogP contribution is 2.12. The van der Waals surface area contributed by atoms with Crippen LogP contribution in [0.15, 0.2) is 18.5 Å². The molecule has 1 unspecified atom stereocenters. The van der Waals surface area contributed by atoms with Crippen LogP contribution in [0.1, 0.15) is 24.2 Å². The smallest absolute Gasteiger partial charge is 0.253 e. The summed E-state index contributed by atoms with van der Waals surface area (Å²) in [5.74, 6) is 1.94. The summed E-state index contributed by atoms with van der Waals surface area (Å²) >= 11 is 1.82. The average molecular weight is 253 g/mol. The third kappa shape index (κ3) is 4.26. The highest BCUT2D eigenvalue weighted by atomic mass is 32.2. The van der Waals surface area contributed by atoms with Crippen LogP contribution in [0.2, 0.25) is 0 Å². The summed E-state index contributed by atoms with van der Waals surface area (Å²) in [5, 5.41) is 5.94. The zero-order valence-corrected chi connectivity index (χ0v) is 11.3. The van der Waals surface area contributed by atoms with Crippen molar-refractivity contribution in [1.82, 2.24) is 10.3 Å². The van der Waals surface area contributed by atoms with Crippen LogP contribution in [0.5, 0.6) is 0 Å². The molecule has 0 aliphatic carbocycles. The van der Waals surface area contributed by atoms with Crippen molar-refractivity contribution in [3.63, 3.8) is 0 Å². The van der Waals surface area contributed by atoms with Gasteiger partial charge < -0.3 is 10.6 Å². The van der Waals surface area contributed by atoms with Crippen LogP contribution in [-0.4, -0.2) is 35.5 Å². The molecule has 1 atom stereocenters. The molecule has 0 bridgehead atoms. The molecule has 1 amide bonds. The van der Waals surface area contributed by atoms with Gasteiger partial charge in [-0.05, 0) is 18.7 Å². The van der Waals surface area contributed by atoms with Crippen molar-refractivity contribution < 1.29 is 4.79 Å². The lowest BCUT2D eigenvalue weighted by molar-refractivity contribution is 0.0944. The van der Waals surface area contributed by atoms with Gasteiger partial charge >= 0.3 is 0 Å². The van der Waals surface area contributed by atoms with E-state index in [9.17, 15) is 4.79 Å². The van der Waals surface area contributed by atoms with Gasteiger partial charge in [0.2, 0.25) is 0 Å². The fraction of sp³-hybridized carbons (Fsp3) is 0.500.